The standard InChI is InChI=1S/C10H14N6O6S/c11-7-3-8(14-1-13-7)16(2-15-3)9-5(18)4(17)6(22-9)10(19)23(12,20)21/h1-2,4-6,9-10,17-19H,(H2,11,13,14)(H2,12,20,21). The number of primary sulfonamides is 1. The number of aromatic nitrogens is 4. The molecule has 3 heterocycles. The van der Waals surface area contributed by atoms with Gasteiger partial charge in [0.15, 0.2) is 23.1 Å². The Kier molecular flexibility index (Phi) is 3.70. The van der Waals surface area contributed by atoms with Crippen molar-refractivity contribution >= 4 is 27.0 Å². The van der Waals surface area contributed by atoms with E-state index in [-0.39, 0.29) is 17.0 Å². The summed E-state index contributed by atoms with van der Waals surface area (Å²) in [6.07, 6.45) is -3.71. The summed E-state index contributed by atoms with van der Waals surface area (Å²) in [5.74, 6) is 0.0999. The summed E-state index contributed by atoms with van der Waals surface area (Å²) in [6.45, 7) is 0. The first kappa shape index (κ1) is 16.0. The van der Waals surface area contributed by atoms with Crippen LogP contribution in [-0.4, -0.2) is 67.0 Å². The molecular weight excluding hydrogens is 332 g/mol. The molecular formula is C10H14N6O6S. The number of nitrogen functional groups attached to an aromatic ring is 1. The Hall–Kier alpha value is -1.90. The first-order valence-corrected chi connectivity index (χ1v) is 7.97. The maximum atomic E-state index is 11.2. The first-order chi connectivity index (χ1) is 10.7. The minimum absolute atomic E-state index is 0.0999. The van der Waals surface area contributed by atoms with Crippen LogP contribution in [0.1, 0.15) is 6.23 Å². The van der Waals surface area contributed by atoms with Crippen molar-refractivity contribution in [2.24, 2.45) is 5.14 Å². The van der Waals surface area contributed by atoms with E-state index in [9.17, 15) is 23.7 Å². The highest BCUT2D eigenvalue weighted by Crippen LogP contribution is 2.33. The quantitative estimate of drug-likeness (QED) is 0.373. The van der Waals surface area contributed by atoms with Gasteiger partial charge < -0.3 is 25.8 Å². The number of imidazole rings is 1. The fourth-order valence-corrected chi connectivity index (χ4v) is 2.99. The number of hydrogen-bond donors (Lipinski definition) is 5. The number of sulfonamides is 1. The molecule has 0 aliphatic carbocycles. The molecule has 13 heteroatoms. The molecule has 126 valence electrons. The van der Waals surface area contributed by atoms with Gasteiger partial charge in [-0.15, -0.1) is 0 Å². The summed E-state index contributed by atoms with van der Waals surface area (Å²) in [4.78, 5) is 11.7. The van der Waals surface area contributed by atoms with Crippen LogP contribution in [0.5, 0.6) is 0 Å². The zero-order valence-electron chi connectivity index (χ0n) is 11.5. The van der Waals surface area contributed by atoms with Crippen LogP contribution in [0.25, 0.3) is 11.2 Å². The summed E-state index contributed by atoms with van der Waals surface area (Å²) in [5.41, 5.74) is 3.90. The van der Waals surface area contributed by atoms with Gasteiger partial charge in [-0.25, -0.2) is 28.5 Å². The maximum absolute atomic E-state index is 11.2. The molecule has 0 radical (unpaired) electrons. The van der Waals surface area contributed by atoms with Gasteiger partial charge in [0.2, 0.25) is 10.0 Å². The number of anilines is 1. The van der Waals surface area contributed by atoms with Gasteiger partial charge in [0, 0.05) is 0 Å². The van der Waals surface area contributed by atoms with E-state index in [0.717, 1.165) is 0 Å². The highest BCUT2D eigenvalue weighted by molar-refractivity contribution is 7.89. The molecule has 0 spiro atoms. The van der Waals surface area contributed by atoms with E-state index in [2.05, 4.69) is 15.0 Å². The van der Waals surface area contributed by atoms with E-state index < -0.39 is 40.0 Å². The van der Waals surface area contributed by atoms with Crippen molar-refractivity contribution in [1.29, 1.82) is 0 Å². The van der Waals surface area contributed by atoms with E-state index in [4.69, 9.17) is 15.6 Å². The van der Waals surface area contributed by atoms with Crippen molar-refractivity contribution in [1.82, 2.24) is 19.5 Å². The number of fused-ring (bicyclic) bond motifs is 1. The van der Waals surface area contributed by atoms with Gasteiger partial charge in [-0.05, 0) is 0 Å². The van der Waals surface area contributed by atoms with Crippen LogP contribution in [-0.2, 0) is 14.8 Å². The number of aliphatic hydroxyl groups is 3. The van der Waals surface area contributed by atoms with E-state index in [0.29, 0.717) is 0 Å². The number of aliphatic hydroxyl groups excluding tert-OH is 3. The second-order valence-corrected chi connectivity index (χ2v) is 6.70. The van der Waals surface area contributed by atoms with Crippen LogP contribution in [0.3, 0.4) is 0 Å². The average Bonchev–Trinajstić information content (AvgIpc) is 3.02. The molecule has 1 aliphatic heterocycles. The Balaban J connectivity index is 1.99. The number of nitrogens with two attached hydrogens (primary N) is 2. The Morgan fingerprint density at radius 2 is 1.96 bits per heavy atom. The van der Waals surface area contributed by atoms with Crippen LogP contribution >= 0.6 is 0 Å². The SMILES string of the molecule is Nc1ncnc2c1ncn2C1OC(C(O)S(N)(=O)=O)C(O)C1O. The summed E-state index contributed by atoms with van der Waals surface area (Å²) in [6, 6.07) is 0. The molecule has 0 aromatic carbocycles. The van der Waals surface area contributed by atoms with Gasteiger partial charge in [-0.1, -0.05) is 0 Å². The molecule has 5 unspecified atom stereocenters. The normalized spacial score (nSPS) is 29.9. The lowest BCUT2D eigenvalue weighted by Crippen LogP contribution is -2.45. The summed E-state index contributed by atoms with van der Waals surface area (Å²) < 4.78 is 29.0. The van der Waals surface area contributed by atoms with Crippen LogP contribution in [0, 0.1) is 0 Å². The van der Waals surface area contributed by atoms with E-state index in [1.54, 1.807) is 0 Å². The second-order valence-electron chi connectivity index (χ2n) is 5.03. The molecule has 2 aromatic rings. The summed E-state index contributed by atoms with van der Waals surface area (Å²) >= 11 is 0. The van der Waals surface area contributed by atoms with Gasteiger partial charge in [-0.3, -0.25) is 4.57 Å². The topological polar surface area (TPSA) is 200 Å². The lowest BCUT2D eigenvalue weighted by Gasteiger charge is -2.18. The molecule has 12 nitrogen and oxygen atoms in total. The fraction of sp³-hybridized carbons (Fsp3) is 0.500. The fourth-order valence-electron chi connectivity index (χ4n) is 2.39. The predicted molar refractivity (Wildman–Crippen MR) is 74.8 cm³/mol. The van der Waals surface area contributed by atoms with Crippen LogP contribution < -0.4 is 10.9 Å². The Bertz CT molecular complexity index is 839. The molecule has 2 aromatic heterocycles. The number of ether oxygens (including phenoxy) is 1. The molecule has 0 bridgehead atoms. The summed E-state index contributed by atoms with van der Waals surface area (Å²) in [5, 5.41) is 34.5. The van der Waals surface area contributed by atoms with E-state index in [1.807, 2.05) is 0 Å². The van der Waals surface area contributed by atoms with Gasteiger partial charge in [0.05, 0.1) is 6.33 Å². The highest BCUT2D eigenvalue weighted by Gasteiger charge is 2.50. The smallest absolute Gasteiger partial charge is 0.238 e. The van der Waals surface area contributed by atoms with Gasteiger partial charge >= 0.3 is 0 Å². The monoisotopic (exact) mass is 346 g/mol. The van der Waals surface area contributed by atoms with Gasteiger partial charge in [-0.2, -0.15) is 0 Å². The second kappa shape index (κ2) is 5.33. The van der Waals surface area contributed by atoms with Crippen molar-refractivity contribution < 1.29 is 28.5 Å². The lowest BCUT2D eigenvalue weighted by atomic mass is 10.1. The van der Waals surface area contributed by atoms with E-state index >= 15 is 0 Å². The van der Waals surface area contributed by atoms with Gasteiger partial charge in [0.25, 0.3) is 0 Å². The molecule has 0 saturated carbocycles. The maximum Gasteiger partial charge on any atom is 0.238 e. The molecule has 3 rings (SSSR count). The Morgan fingerprint density at radius 1 is 1.26 bits per heavy atom. The Labute approximate surface area is 129 Å². The van der Waals surface area contributed by atoms with Crippen molar-refractivity contribution in [2.45, 2.75) is 30.0 Å². The first-order valence-electron chi connectivity index (χ1n) is 6.36. The zero-order valence-corrected chi connectivity index (χ0v) is 12.3. The average molecular weight is 346 g/mol. The van der Waals surface area contributed by atoms with Crippen molar-refractivity contribution in [3.63, 3.8) is 0 Å². The number of nitrogens with zero attached hydrogens (tertiary/aromatic N) is 4. The molecule has 1 aliphatic rings. The number of hydrogen-bond acceptors (Lipinski definition) is 10. The third-order valence-electron chi connectivity index (χ3n) is 3.55. The Morgan fingerprint density at radius 3 is 2.61 bits per heavy atom. The molecule has 7 N–H and O–H groups in total. The minimum atomic E-state index is -4.40. The van der Waals surface area contributed by atoms with Crippen molar-refractivity contribution in [2.75, 3.05) is 5.73 Å². The predicted octanol–water partition coefficient (Wildman–Crippen LogP) is -3.37. The highest BCUT2D eigenvalue weighted by atomic mass is 32.2. The minimum Gasteiger partial charge on any atom is -0.387 e. The van der Waals surface area contributed by atoms with Crippen molar-refractivity contribution in [3.05, 3.63) is 12.7 Å². The van der Waals surface area contributed by atoms with Crippen molar-refractivity contribution in [3.8, 4) is 0 Å². The van der Waals surface area contributed by atoms with Crippen LogP contribution in [0.4, 0.5) is 5.82 Å². The molecule has 5 atom stereocenters. The van der Waals surface area contributed by atoms with Crippen LogP contribution in [0.2, 0.25) is 0 Å². The molecule has 1 fully saturated rings. The third kappa shape index (κ3) is 2.52. The largest absolute Gasteiger partial charge is 0.387 e. The zero-order chi connectivity index (χ0) is 16.9. The molecule has 1 saturated heterocycles. The molecule has 0 amide bonds. The lowest BCUT2D eigenvalue weighted by molar-refractivity contribution is -0.0615. The van der Waals surface area contributed by atoms with Gasteiger partial charge in [0.1, 0.15) is 30.2 Å². The number of rotatable bonds is 3. The summed E-state index contributed by atoms with van der Waals surface area (Å²) in [7, 11) is -4.40. The van der Waals surface area contributed by atoms with E-state index in [1.165, 1.54) is 17.2 Å². The third-order valence-corrected chi connectivity index (χ3v) is 4.50. The molecule has 23 heavy (non-hydrogen) atoms. The van der Waals surface area contributed by atoms with Crippen LogP contribution in [0.15, 0.2) is 12.7 Å².